The van der Waals surface area contributed by atoms with Gasteiger partial charge in [0.15, 0.2) is 31.1 Å². The van der Waals surface area contributed by atoms with Crippen LogP contribution >= 0.6 is 30.7 Å². The minimum atomic E-state index is -3.71. The Hall–Kier alpha value is -4.73. The summed E-state index contributed by atoms with van der Waals surface area (Å²) in [5, 5.41) is 29.0. The molecule has 9 rings (SSSR count). The average molecular weight is 1620 g/mol. The van der Waals surface area contributed by atoms with Gasteiger partial charge in [-0.1, -0.05) is 0 Å². The van der Waals surface area contributed by atoms with E-state index >= 15 is 0 Å². The van der Waals surface area contributed by atoms with Crippen molar-refractivity contribution in [2.45, 2.75) is 103 Å². The Balaban J connectivity index is 0.000000247. The van der Waals surface area contributed by atoms with Crippen LogP contribution in [0.1, 0.15) is 34.6 Å². The van der Waals surface area contributed by atoms with Gasteiger partial charge in [0.05, 0.1) is 123 Å². The van der Waals surface area contributed by atoms with E-state index in [1.807, 2.05) is 0 Å². The largest absolute Gasteiger partial charge is 0.447 e. The van der Waals surface area contributed by atoms with Crippen LogP contribution < -0.4 is 38.5 Å². The molecule has 47 heteroatoms. The molecule has 9 heterocycles. The predicted octanol–water partition coefficient (Wildman–Crippen LogP) is 0.0212. The Kier molecular flexibility index (Phi) is 35.1. The van der Waals surface area contributed by atoms with E-state index in [-0.39, 0.29) is 137 Å². The van der Waals surface area contributed by atoms with E-state index in [4.69, 9.17) is 73.6 Å². The van der Waals surface area contributed by atoms with E-state index in [2.05, 4.69) is 40.0 Å². The number of carbonyl (C=O) groups excluding carboxylic acids is 5. The lowest BCUT2D eigenvalue weighted by atomic mass is 10.2. The van der Waals surface area contributed by atoms with E-state index in [0.717, 1.165) is 13.1 Å². The van der Waals surface area contributed by atoms with E-state index < -0.39 is 110 Å². The molecule has 9 amide bonds. The van der Waals surface area contributed by atoms with Gasteiger partial charge in [0, 0.05) is 89.7 Å². The molecule has 5 fully saturated rings. The molecule has 0 aromatic rings. The molecule has 8 unspecified atom stereocenters. The molecule has 618 valence electrons. The summed E-state index contributed by atoms with van der Waals surface area (Å²) in [6, 6.07) is -1.25. The third-order valence-electron chi connectivity index (χ3n) is 18.0. The van der Waals surface area contributed by atoms with Gasteiger partial charge in [-0.05, 0) is 115 Å². The molecule has 0 aromatic carbocycles. The van der Waals surface area contributed by atoms with Crippen LogP contribution in [0.3, 0.4) is 0 Å². The lowest BCUT2D eigenvalue weighted by molar-refractivity contribution is -0.126. The second kappa shape index (κ2) is 41.9. The van der Waals surface area contributed by atoms with E-state index in [9.17, 15) is 47.3 Å². The van der Waals surface area contributed by atoms with Crippen LogP contribution in [0.4, 0.5) is 24.0 Å². The molecule has 12 N–H and O–H groups in total. The summed E-state index contributed by atoms with van der Waals surface area (Å²) in [5.41, 5.74) is 17.8. The van der Waals surface area contributed by atoms with Crippen LogP contribution in [0.5, 0.6) is 0 Å². The number of aliphatic hydroxyl groups is 2. The molecule has 0 radical (unpaired) electrons. The van der Waals surface area contributed by atoms with Gasteiger partial charge in [-0.15, -0.1) is 0 Å². The number of urea groups is 4. The van der Waals surface area contributed by atoms with E-state index in [0.29, 0.717) is 31.4 Å². The maximum Gasteiger partial charge on any atom is 0.409 e. The SMILES string of the molecule is CC(C)N1CCO[C@@H](N2C=CC(N)NC2=O)C1.CCOP(=O)(N(C)C)N1C[C@@H](COP(=O)(N(C)C)N2CCN(C(=O)OCCOCCOCCO)CC2)O[C@@H](N2C=CC(N)NC2=O)C1.CCOP(=O)(N(C)C)N1C[C@@H](COP(=O)(N(C)C)N2CCO[C@@H](N3C=C(C)C(O)NC3=O)C2)O[C@@H](N2C=CC(N)NC2=O)C1. The first kappa shape index (κ1) is 90.5. The third kappa shape index (κ3) is 23.9. The summed E-state index contributed by atoms with van der Waals surface area (Å²) < 4.78 is 133. The lowest BCUT2D eigenvalue weighted by Gasteiger charge is -2.46. The molecule has 0 aromatic heterocycles. The van der Waals surface area contributed by atoms with Gasteiger partial charge in [-0.3, -0.25) is 42.8 Å². The number of aliphatic hydroxyl groups excluding tert-OH is 2. The van der Waals surface area contributed by atoms with E-state index in [1.165, 1.54) is 56.9 Å². The summed E-state index contributed by atoms with van der Waals surface area (Å²) in [5.74, 6) is 0. The van der Waals surface area contributed by atoms with Crippen molar-refractivity contribution in [1.82, 2.24) is 88.0 Å². The predicted molar refractivity (Wildman–Crippen MR) is 394 cm³/mol. The van der Waals surface area contributed by atoms with Crippen molar-refractivity contribution in [3.05, 3.63) is 48.6 Å². The van der Waals surface area contributed by atoms with Crippen LogP contribution in [0, 0.1) is 0 Å². The van der Waals surface area contributed by atoms with Crippen LogP contribution in [-0.4, -0.2) is 389 Å². The topological polar surface area (TPSA) is 467 Å². The smallest absolute Gasteiger partial charge is 0.409 e. The zero-order valence-corrected chi connectivity index (χ0v) is 67.8. The highest BCUT2D eigenvalue weighted by molar-refractivity contribution is 7.54. The molecule has 14 atom stereocenters. The fourth-order valence-corrected chi connectivity index (χ4v) is 20.0. The molecule has 0 spiro atoms. The Morgan fingerprint density at radius 2 is 0.926 bits per heavy atom. The molecule has 0 bridgehead atoms. The van der Waals surface area contributed by atoms with Crippen molar-refractivity contribution < 1.29 is 104 Å². The highest BCUT2D eigenvalue weighted by Gasteiger charge is 2.49. The summed E-state index contributed by atoms with van der Waals surface area (Å²) in [7, 11) is -1.19. The highest BCUT2D eigenvalue weighted by atomic mass is 31.2. The molecule has 0 saturated carbocycles. The van der Waals surface area contributed by atoms with Crippen molar-refractivity contribution in [3.63, 3.8) is 0 Å². The maximum atomic E-state index is 14.4. The van der Waals surface area contributed by atoms with Crippen molar-refractivity contribution in [2.75, 3.05) is 214 Å². The monoisotopic (exact) mass is 1620 g/mol. The van der Waals surface area contributed by atoms with Gasteiger partial charge in [-0.2, -0.15) is 0 Å². The van der Waals surface area contributed by atoms with Crippen LogP contribution in [-0.2, 0) is 69.5 Å². The van der Waals surface area contributed by atoms with Gasteiger partial charge in [0.25, 0.3) is 0 Å². The molecular weight excluding hydrogens is 1500 g/mol. The fourth-order valence-electron chi connectivity index (χ4n) is 12.2. The number of nitrogens with zero attached hydrogens (tertiary/aromatic N) is 14. The summed E-state index contributed by atoms with van der Waals surface area (Å²) in [6.45, 7) is 14.8. The third-order valence-corrected chi connectivity index (χ3v) is 28.5. The molecule has 0 aliphatic carbocycles. The quantitative estimate of drug-likeness (QED) is 0.0326. The Morgan fingerprint density at radius 3 is 1.36 bits per heavy atom. The number of ether oxygens (including phenoxy) is 7. The maximum absolute atomic E-state index is 14.4. The standard InChI is InChI=1S/C26H52N8O11P2.C24H45N9O9P2.C11H20N4O2/c1-6-43-47(39,30(4)5)33-19-22(45-24(20-33)34-8-7-23(27)28-25(34)36)21-44-46(38,29(2)3)32-11-9-31(10-12-32)26(37)42-18-17-41-16-15-40-14-13-35;1-7-40-44(38,29(5)6)31-13-18(42-21(15-31)32-9-8-19(25)26-23(32)35)16-41-43(37,28(3)4)30-10-11-39-20(14-30)33-12-17(2)22(34)27-24(33)36;1-8(2)14-5-6-17-10(7-14)15-4-3-9(12)13-11(15)16/h7-8,22-24,35H,6,9-21,27H2,1-5H3,(H,28,36);8-9,12,18-22,34H,7,10-11,13-16,25H2,1-6H3,(H,26,35)(H,27,36);3-4,8-10H,5-7,12H2,1-2H3,(H,13,16)/t22-,23?,24+,46?,47?;18-,19?,20+,21+,22?,43?,44?;9?,10-/m001/s1. The number of hydrogen-bond donors (Lipinski definition) is 9. The minimum absolute atomic E-state index is 0.0559. The second-order valence-corrected chi connectivity index (χ2v) is 37.3. The fraction of sp³-hybridized carbons (Fsp3) is 0.787. The van der Waals surface area contributed by atoms with Crippen molar-refractivity contribution in [3.8, 4) is 0 Å². The molecule has 5 saturated heterocycles. The molecular formula is C61H117N21O22P4. The van der Waals surface area contributed by atoms with Gasteiger partial charge in [-0.25, -0.2) is 61.3 Å². The number of hydrogen-bond acceptors (Lipinski definition) is 26. The van der Waals surface area contributed by atoms with Gasteiger partial charge in [0.2, 0.25) is 0 Å². The van der Waals surface area contributed by atoms with E-state index in [1.54, 1.807) is 125 Å². The molecule has 43 nitrogen and oxygen atoms in total. The van der Waals surface area contributed by atoms with Gasteiger partial charge < -0.3 is 105 Å². The Morgan fingerprint density at radius 1 is 0.528 bits per heavy atom. The molecule has 9 aliphatic rings. The highest BCUT2D eigenvalue weighted by Crippen LogP contribution is 2.58. The van der Waals surface area contributed by atoms with Crippen molar-refractivity contribution in [1.29, 1.82) is 0 Å². The molecule has 9 aliphatic heterocycles. The summed E-state index contributed by atoms with van der Waals surface area (Å²) in [6.07, 6.45) is 3.61. The summed E-state index contributed by atoms with van der Waals surface area (Å²) >= 11 is 0. The Bertz CT molecular complexity index is 3270. The van der Waals surface area contributed by atoms with Crippen molar-refractivity contribution in [2.24, 2.45) is 17.2 Å². The average Bonchev–Trinajstić information content (AvgIpc) is 0.786. The van der Waals surface area contributed by atoms with Crippen LogP contribution in [0.25, 0.3) is 0 Å². The second-order valence-electron chi connectivity index (χ2n) is 26.9. The zero-order chi connectivity index (χ0) is 79.4. The number of rotatable bonds is 31. The lowest BCUT2D eigenvalue weighted by Crippen LogP contribution is -2.59. The minimum Gasteiger partial charge on any atom is -0.447 e. The van der Waals surface area contributed by atoms with Gasteiger partial charge >= 0.3 is 60.9 Å². The number of carbonyl (C=O) groups is 5. The zero-order valence-electron chi connectivity index (χ0n) is 64.2. The van der Waals surface area contributed by atoms with Crippen molar-refractivity contribution >= 4 is 60.9 Å². The first-order chi connectivity index (χ1) is 51.1. The number of nitrogens with two attached hydrogens (primary N) is 3. The number of morpholine rings is 4. The molecule has 108 heavy (non-hydrogen) atoms. The Labute approximate surface area is 632 Å². The number of amides is 9. The van der Waals surface area contributed by atoms with Gasteiger partial charge in [0.1, 0.15) is 6.61 Å². The normalized spacial score (nSPS) is 29.0. The first-order valence-electron chi connectivity index (χ1n) is 35.8. The number of nitrogens with one attached hydrogen (secondary N) is 4. The first-order valence-corrected chi connectivity index (χ1v) is 42.0. The summed E-state index contributed by atoms with van der Waals surface area (Å²) in [4.78, 5) is 71.8. The van der Waals surface area contributed by atoms with Crippen LogP contribution in [0.2, 0.25) is 0 Å². The van der Waals surface area contributed by atoms with Crippen LogP contribution in [0.15, 0.2) is 48.6 Å². The number of piperazine rings is 1.